The summed E-state index contributed by atoms with van der Waals surface area (Å²) in [7, 11) is 1.80. The Morgan fingerprint density at radius 1 is 1.12 bits per heavy atom. The third-order valence-electron chi connectivity index (χ3n) is 3.84. The molecule has 1 aromatic carbocycles. The maximum absolute atomic E-state index is 5.53. The second-order valence-electron chi connectivity index (χ2n) is 6.12. The fourth-order valence-corrected chi connectivity index (χ4v) is 2.61. The first-order chi connectivity index (χ1) is 11.7. The van der Waals surface area contributed by atoms with Crippen molar-refractivity contribution in [1.29, 1.82) is 0 Å². The number of hydrogen-bond donors (Lipinski definition) is 2. The van der Waals surface area contributed by atoms with Gasteiger partial charge < -0.3 is 19.9 Å². The summed E-state index contributed by atoms with van der Waals surface area (Å²) in [6, 6.07) is 10.7. The van der Waals surface area contributed by atoms with Crippen molar-refractivity contribution in [2.24, 2.45) is 4.99 Å². The van der Waals surface area contributed by atoms with Gasteiger partial charge in [-0.3, -0.25) is 4.99 Å². The van der Waals surface area contributed by atoms with Crippen LogP contribution in [0, 0.1) is 0 Å². The zero-order valence-electron chi connectivity index (χ0n) is 15.1. The third kappa shape index (κ3) is 5.89. The fourth-order valence-electron chi connectivity index (χ4n) is 2.61. The van der Waals surface area contributed by atoms with Crippen molar-refractivity contribution in [3.8, 4) is 0 Å². The number of para-hydroxylation sites is 1. The molecule has 1 aromatic heterocycles. The molecule has 0 aliphatic heterocycles. The van der Waals surface area contributed by atoms with E-state index in [9.17, 15) is 0 Å². The summed E-state index contributed by atoms with van der Waals surface area (Å²) in [5, 5.41) is 7.98. The average molecular weight is 330 g/mol. The molecule has 0 saturated heterocycles. The molecule has 1 heterocycles. The summed E-state index contributed by atoms with van der Waals surface area (Å²) in [4.78, 5) is 4.25. The van der Waals surface area contributed by atoms with Crippen LogP contribution in [0.5, 0.6) is 0 Å². The molecular formula is C19H30N4O. The Bertz CT molecular complexity index is 633. The summed E-state index contributed by atoms with van der Waals surface area (Å²) in [5.41, 5.74) is 1.30. The van der Waals surface area contributed by atoms with E-state index >= 15 is 0 Å². The number of aliphatic imine (C=N–C) groups is 1. The SMILES string of the molecule is CN=C(NCCCOC(C)C)NCCCn1ccc2ccccc21. The zero-order valence-corrected chi connectivity index (χ0v) is 15.1. The molecule has 132 valence electrons. The van der Waals surface area contributed by atoms with E-state index in [1.165, 1.54) is 10.9 Å². The minimum Gasteiger partial charge on any atom is -0.379 e. The van der Waals surface area contributed by atoms with Crippen molar-refractivity contribution in [3.05, 3.63) is 36.5 Å². The molecule has 0 amide bonds. The first-order valence-corrected chi connectivity index (χ1v) is 8.80. The summed E-state index contributed by atoms with van der Waals surface area (Å²) in [5.74, 6) is 0.858. The van der Waals surface area contributed by atoms with Crippen LogP contribution in [-0.2, 0) is 11.3 Å². The van der Waals surface area contributed by atoms with E-state index in [1.807, 2.05) is 0 Å². The Morgan fingerprint density at radius 2 is 1.88 bits per heavy atom. The molecule has 24 heavy (non-hydrogen) atoms. The number of fused-ring (bicyclic) bond motifs is 1. The lowest BCUT2D eigenvalue weighted by Crippen LogP contribution is -2.38. The molecule has 0 aliphatic rings. The molecule has 5 nitrogen and oxygen atoms in total. The largest absolute Gasteiger partial charge is 0.379 e. The quantitative estimate of drug-likeness (QED) is 0.422. The lowest BCUT2D eigenvalue weighted by Gasteiger charge is -2.13. The number of aromatic nitrogens is 1. The van der Waals surface area contributed by atoms with Gasteiger partial charge in [0.05, 0.1) is 6.10 Å². The van der Waals surface area contributed by atoms with Crippen molar-refractivity contribution in [2.45, 2.75) is 39.3 Å². The lowest BCUT2D eigenvalue weighted by atomic mass is 10.2. The standard InChI is InChI=1S/C19H30N4O/c1-16(2)24-15-7-12-22-19(20-3)21-11-6-13-23-14-10-17-8-4-5-9-18(17)23/h4-5,8-10,14,16H,6-7,11-13,15H2,1-3H3,(H2,20,21,22). The predicted molar refractivity (Wildman–Crippen MR) is 102 cm³/mol. The highest BCUT2D eigenvalue weighted by molar-refractivity contribution is 5.80. The lowest BCUT2D eigenvalue weighted by molar-refractivity contribution is 0.0776. The van der Waals surface area contributed by atoms with Crippen LogP contribution in [0.15, 0.2) is 41.5 Å². The normalized spacial score (nSPS) is 12.1. The second kappa shape index (κ2) is 9.98. The van der Waals surface area contributed by atoms with Crippen molar-refractivity contribution in [3.63, 3.8) is 0 Å². The highest BCUT2D eigenvalue weighted by atomic mass is 16.5. The Kier molecular flexibility index (Phi) is 7.62. The van der Waals surface area contributed by atoms with E-state index in [-0.39, 0.29) is 0 Å². The van der Waals surface area contributed by atoms with E-state index in [1.54, 1.807) is 7.05 Å². The molecule has 0 saturated carbocycles. The van der Waals surface area contributed by atoms with Gasteiger partial charge in [-0.05, 0) is 44.2 Å². The van der Waals surface area contributed by atoms with Crippen LogP contribution < -0.4 is 10.6 Å². The van der Waals surface area contributed by atoms with Crippen LogP contribution >= 0.6 is 0 Å². The average Bonchev–Trinajstić information content (AvgIpc) is 2.99. The number of guanidine groups is 1. The first-order valence-electron chi connectivity index (χ1n) is 8.80. The highest BCUT2D eigenvalue weighted by Crippen LogP contribution is 2.15. The summed E-state index contributed by atoms with van der Waals surface area (Å²) in [6.07, 6.45) is 4.49. The van der Waals surface area contributed by atoms with E-state index in [0.717, 1.165) is 45.0 Å². The molecule has 0 fully saturated rings. The van der Waals surface area contributed by atoms with Crippen LogP contribution in [0.25, 0.3) is 10.9 Å². The molecule has 0 unspecified atom stereocenters. The van der Waals surface area contributed by atoms with Gasteiger partial charge in [0.2, 0.25) is 0 Å². The molecule has 2 rings (SSSR count). The Hall–Kier alpha value is -2.01. The molecule has 0 spiro atoms. The molecule has 5 heteroatoms. The smallest absolute Gasteiger partial charge is 0.190 e. The predicted octanol–water partition coefficient (Wildman–Crippen LogP) is 3.01. The monoisotopic (exact) mass is 330 g/mol. The third-order valence-corrected chi connectivity index (χ3v) is 3.84. The number of aryl methyl sites for hydroxylation is 1. The van der Waals surface area contributed by atoms with E-state index in [4.69, 9.17) is 4.74 Å². The molecule has 0 radical (unpaired) electrons. The Balaban J connectivity index is 1.63. The number of rotatable bonds is 9. The topological polar surface area (TPSA) is 50.6 Å². The van der Waals surface area contributed by atoms with E-state index in [0.29, 0.717) is 6.10 Å². The Morgan fingerprint density at radius 3 is 2.62 bits per heavy atom. The van der Waals surface area contributed by atoms with Gasteiger partial charge in [-0.1, -0.05) is 18.2 Å². The minimum absolute atomic E-state index is 0.298. The maximum Gasteiger partial charge on any atom is 0.190 e. The van der Waals surface area contributed by atoms with Crippen molar-refractivity contribution in [2.75, 3.05) is 26.7 Å². The van der Waals surface area contributed by atoms with Crippen LogP contribution in [0.3, 0.4) is 0 Å². The molecular weight excluding hydrogens is 300 g/mol. The second-order valence-corrected chi connectivity index (χ2v) is 6.12. The van der Waals surface area contributed by atoms with Gasteiger partial charge in [-0.2, -0.15) is 0 Å². The fraction of sp³-hybridized carbons (Fsp3) is 0.526. The van der Waals surface area contributed by atoms with Crippen LogP contribution in [0.4, 0.5) is 0 Å². The molecule has 2 N–H and O–H groups in total. The maximum atomic E-state index is 5.53. The summed E-state index contributed by atoms with van der Waals surface area (Å²) < 4.78 is 7.83. The molecule has 0 aliphatic carbocycles. The van der Waals surface area contributed by atoms with Crippen LogP contribution in [0.2, 0.25) is 0 Å². The molecule has 0 bridgehead atoms. The van der Waals surface area contributed by atoms with Crippen LogP contribution in [0.1, 0.15) is 26.7 Å². The van der Waals surface area contributed by atoms with Gasteiger partial charge >= 0.3 is 0 Å². The van der Waals surface area contributed by atoms with Gasteiger partial charge in [0.25, 0.3) is 0 Å². The first kappa shape index (κ1) is 18.3. The van der Waals surface area contributed by atoms with Crippen LogP contribution in [-0.4, -0.2) is 43.4 Å². The van der Waals surface area contributed by atoms with Crippen molar-refractivity contribution >= 4 is 16.9 Å². The zero-order chi connectivity index (χ0) is 17.2. The summed E-state index contributed by atoms with van der Waals surface area (Å²) >= 11 is 0. The number of nitrogens with one attached hydrogen (secondary N) is 2. The number of hydrogen-bond acceptors (Lipinski definition) is 2. The van der Waals surface area contributed by atoms with Gasteiger partial charge in [-0.25, -0.2) is 0 Å². The van der Waals surface area contributed by atoms with Gasteiger partial charge in [-0.15, -0.1) is 0 Å². The van der Waals surface area contributed by atoms with Crippen molar-refractivity contribution in [1.82, 2.24) is 15.2 Å². The van der Waals surface area contributed by atoms with E-state index < -0.39 is 0 Å². The number of benzene rings is 1. The van der Waals surface area contributed by atoms with E-state index in [2.05, 4.69) is 70.6 Å². The Labute approximate surface area is 145 Å². The van der Waals surface area contributed by atoms with Gasteiger partial charge in [0.15, 0.2) is 5.96 Å². The summed E-state index contributed by atoms with van der Waals surface area (Å²) in [6.45, 7) is 7.66. The number of nitrogens with zero attached hydrogens (tertiary/aromatic N) is 2. The van der Waals surface area contributed by atoms with Crippen molar-refractivity contribution < 1.29 is 4.74 Å². The molecule has 2 aromatic rings. The van der Waals surface area contributed by atoms with Gasteiger partial charge in [0.1, 0.15) is 0 Å². The van der Waals surface area contributed by atoms with Gasteiger partial charge in [0, 0.05) is 45.0 Å². The minimum atomic E-state index is 0.298. The number of ether oxygens (including phenoxy) is 1. The highest BCUT2D eigenvalue weighted by Gasteiger charge is 2.01. The molecule has 0 atom stereocenters.